The van der Waals surface area contributed by atoms with Crippen LogP contribution in [0.4, 0.5) is 0 Å². The van der Waals surface area contributed by atoms with Gasteiger partial charge in [-0.05, 0) is 37.5 Å². The first kappa shape index (κ1) is 28.0. The van der Waals surface area contributed by atoms with Crippen LogP contribution >= 0.6 is 0 Å². The van der Waals surface area contributed by atoms with Crippen molar-refractivity contribution in [3.8, 4) is 0 Å². The third-order valence-corrected chi connectivity index (χ3v) is 7.58. The van der Waals surface area contributed by atoms with E-state index in [-0.39, 0.29) is 5.92 Å². The third-order valence-electron chi connectivity index (χ3n) is 7.58. The molecule has 182 valence electrons. The molecule has 0 aromatic heterocycles. The van der Waals surface area contributed by atoms with E-state index in [0.717, 1.165) is 38.0 Å². The largest absolute Gasteiger partial charge is 0.481 e. The Bertz CT molecular complexity index is 527. The van der Waals surface area contributed by atoms with Crippen molar-refractivity contribution in [1.82, 2.24) is 0 Å². The maximum atomic E-state index is 12.5. The molecule has 0 spiro atoms. The summed E-state index contributed by atoms with van der Waals surface area (Å²) in [6.07, 6.45) is 17.1. The monoisotopic (exact) mass is 438 g/mol. The van der Waals surface area contributed by atoms with Crippen LogP contribution in [0.1, 0.15) is 137 Å². The average Bonchev–Trinajstić information content (AvgIpc) is 2.68. The molecular formula is C27H50O4. The lowest BCUT2D eigenvalue weighted by molar-refractivity contribution is -0.183. The molecular weight excluding hydrogens is 388 g/mol. The van der Waals surface area contributed by atoms with Crippen molar-refractivity contribution in [3.63, 3.8) is 0 Å². The lowest BCUT2D eigenvalue weighted by Crippen LogP contribution is -2.55. The Balaban J connectivity index is 2.42. The molecule has 0 saturated heterocycles. The lowest BCUT2D eigenvalue weighted by Gasteiger charge is -2.49. The van der Waals surface area contributed by atoms with Gasteiger partial charge in [-0.2, -0.15) is 0 Å². The Kier molecular flexibility index (Phi) is 12.8. The van der Waals surface area contributed by atoms with Gasteiger partial charge in [0.25, 0.3) is 0 Å². The average molecular weight is 439 g/mol. The molecule has 0 aromatic rings. The maximum absolute atomic E-state index is 12.5. The van der Waals surface area contributed by atoms with Gasteiger partial charge in [-0.25, -0.2) is 0 Å². The molecule has 0 aliphatic heterocycles. The van der Waals surface area contributed by atoms with Crippen LogP contribution in [0.5, 0.6) is 0 Å². The number of carboxylic acid groups (broad SMARTS) is 2. The molecule has 0 bridgehead atoms. The van der Waals surface area contributed by atoms with Gasteiger partial charge in [0, 0.05) is 0 Å². The number of rotatable bonds is 17. The van der Waals surface area contributed by atoms with Crippen molar-refractivity contribution in [2.45, 2.75) is 137 Å². The molecule has 1 saturated carbocycles. The first-order valence-electron chi connectivity index (χ1n) is 13.1. The van der Waals surface area contributed by atoms with Gasteiger partial charge < -0.3 is 10.2 Å². The molecule has 1 aliphatic rings. The normalized spacial score (nSPS) is 24.1. The smallest absolute Gasteiger partial charge is 0.310 e. The minimum absolute atomic E-state index is 0.179. The second-order valence-electron chi connectivity index (χ2n) is 11.0. The second-order valence-corrected chi connectivity index (χ2v) is 11.0. The van der Waals surface area contributed by atoms with Gasteiger partial charge in [0.05, 0.1) is 10.8 Å². The van der Waals surface area contributed by atoms with Gasteiger partial charge in [-0.3, -0.25) is 9.59 Å². The zero-order chi connectivity index (χ0) is 23.3. The van der Waals surface area contributed by atoms with Crippen molar-refractivity contribution >= 4 is 11.9 Å². The van der Waals surface area contributed by atoms with Crippen LogP contribution in [-0.4, -0.2) is 22.2 Å². The molecule has 0 heterocycles. The zero-order valence-electron chi connectivity index (χ0n) is 20.9. The quantitative estimate of drug-likeness (QED) is 0.225. The Morgan fingerprint density at radius 1 is 0.645 bits per heavy atom. The molecule has 0 radical (unpaired) electrons. The Morgan fingerprint density at radius 2 is 1.06 bits per heavy atom. The minimum atomic E-state index is -1.11. The van der Waals surface area contributed by atoms with E-state index in [4.69, 9.17) is 0 Å². The molecule has 1 rings (SSSR count). The molecule has 2 atom stereocenters. The van der Waals surface area contributed by atoms with Gasteiger partial charge in [-0.15, -0.1) is 0 Å². The van der Waals surface area contributed by atoms with Crippen molar-refractivity contribution in [2.24, 2.45) is 22.7 Å². The highest BCUT2D eigenvalue weighted by Gasteiger charge is 2.61. The van der Waals surface area contributed by atoms with Crippen molar-refractivity contribution < 1.29 is 19.8 Å². The molecule has 4 nitrogen and oxygen atoms in total. The second kappa shape index (κ2) is 14.2. The molecule has 0 aromatic carbocycles. The number of hydrogen-bond donors (Lipinski definition) is 2. The van der Waals surface area contributed by atoms with Crippen LogP contribution < -0.4 is 0 Å². The molecule has 1 aliphatic carbocycles. The Labute approximate surface area is 191 Å². The van der Waals surface area contributed by atoms with Gasteiger partial charge in [0.1, 0.15) is 0 Å². The molecule has 1 fully saturated rings. The summed E-state index contributed by atoms with van der Waals surface area (Å²) in [6.45, 7) is 8.60. The minimum Gasteiger partial charge on any atom is -0.481 e. The fraction of sp³-hybridized carbons (Fsp3) is 0.926. The van der Waals surface area contributed by atoms with Gasteiger partial charge in [0.2, 0.25) is 0 Å². The van der Waals surface area contributed by atoms with E-state index in [1.807, 2.05) is 13.8 Å². The number of carboxylic acids is 2. The van der Waals surface area contributed by atoms with Crippen LogP contribution in [0.25, 0.3) is 0 Å². The van der Waals surface area contributed by atoms with E-state index >= 15 is 0 Å². The number of unbranched alkanes of at least 4 members (excludes halogenated alkanes) is 9. The Hall–Kier alpha value is -1.06. The molecule has 31 heavy (non-hydrogen) atoms. The first-order valence-corrected chi connectivity index (χ1v) is 13.1. The van der Waals surface area contributed by atoms with Crippen LogP contribution in [0.3, 0.4) is 0 Å². The van der Waals surface area contributed by atoms with E-state index in [1.165, 1.54) is 51.4 Å². The summed E-state index contributed by atoms with van der Waals surface area (Å²) < 4.78 is 0. The predicted octanol–water partition coefficient (Wildman–Crippen LogP) is 8.09. The maximum Gasteiger partial charge on any atom is 0.310 e. The highest BCUT2D eigenvalue weighted by atomic mass is 16.4. The van der Waals surface area contributed by atoms with E-state index in [9.17, 15) is 19.8 Å². The topological polar surface area (TPSA) is 74.6 Å². The summed E-state index contributed by atoms with van der Waals surface area (Å²) in [5.41, 5.74) is -2.21. The van der Waals surface area contributed by atoms with Crippen LogP contribution in [0, 0.1) is 22.7 Å². The summed E-state index contributed by atoms with van der Waals surface area (Å²) in [6, 6.07) is 0. The van der Waals surface area contributed by atoms with E-state index in [0.29, 0.717) is 25.7 Å². The predicted molar refractivity (Wildman–Crippen MR) is 128 cm³/mol. The van der Waals surface area contributed by atoms with Crippen LogP contribution in [-0.2, 0) is 9.59 Å². The summed E-state index contributed by atoms with van der Waals surface area (Å²) in [5, 5.41) is 20.4. The molecule has 4 heteroatoms. The molecule has 0 amide bonds. The van der Waals surface area contributed by atoms with E-state index < -0.39 is 22.8 Å². The summed E-state index contributed by atoms with van der Waals surface area (Å²) >= 11 is 0. The van der Waals surface area contributed by atoms with E-state index in [2.05, 4.69) is 13.8 Å². The first-order chi connectivity index (χ1) is 14.7. The van der Waals surface area contributed by atoms with Crippen molar-refractivity contribution in [1.29, 1.82) is 0 Å². The lowest BCUT2D eigenvalue weighted by atomic mass is 9.51. The van der Waals surface area contributed by atoms with Crippen LogP contribution in [0.15, 0.2) is 0 Å². The highest BCUT2D eigenvalue weighted by molar-refractivity contribution is 5.87. The van der Waals surface area contributed by atoms with Crippen molar-refractivity contribution in [2.75, 3.05) is 0 Å². The van der Waals surface area contributed by atoms with Gasteiger partial charge in [-0.1, -0.05) is 111 Å². The molecule has 2 N–H and O–H groups in total. The number of carbonyl (C=O) groups is 2. The van der Waals surface area contributed by atoms with E-state index in [1.54, 1.807) is 0 Å². The van der Waals surface area contributed by atoms with Gasteiger partial charge >= 0.3 is 11.9 Å². The standard InChI is InChI=1S/C27H50O4/c1-22(2)17-13-11-9-7-5-6-8-10-12-14-18-26(24(28)29)19-15-16-20-27(26,25(30)31)21-23(3)4/h22-23H,5-21H2,1-4H3,(H,28,29)(H,30,31). The molecule has 2 unspecified atom stereocenters. The summed E-state index contributed by atoms with van der Waals surface area (Å²) in [7, 11) is 0. The fourth-order valence-electron chi connectivity index (χ4n) is 5.90. The summed E-state index contributed by atoms with van der Waals surface area (Å²) in [5.74, 6) is -0.775. The highest BCUT2D eigenvalue weighted by Crippen LogP contribution is 2.57. The SMILES string of the molecule is CC(C)CCCCCCCCCCCCC1(C(=O)O)CCCCC1(CC(C)C)C(=O)O. The summed E-state index contributed by atoms with van der Waals surface area (Å²) in [4.78, 5) is 24.9. The van der Waals surface area contributed by atoms with Crippen molar-refractivity contribution in [3.05, 3.63) is 0 Å². The fourth-order valence-corrected chi connectivity index (χ4v) is 5.90. The van der Waals surface area contributed by atoms with Crippen LogP contribution in [0.2, 0.25) is 0 Å². The number of hydrogen-bond acceptors (Lipinski definition) is 2. The third kappa shape index (κ3) is 8.42. The number of aliphatic carboxylic acids is 2. The Morgan fingerprint density at radius 3 is 1.48 bits per heavy atom. The zero-order valence-corrected chi connectivity index (χ0v) is 20.9. The van der Waals surface area contributed by atoms with Gasteiger partial charge in [0.15, 0.2) is 0 Å².